The maximum absolute atomic E-state index is 12.7. The van der Waals surface area contributed by atoms with E-state index >= 15 is 0 Å². The highest BCUT2D eigenvalue weighted by atomic mass is 32.2. The largest absolute Gasteiger partial charge is 0.379 e. The Labute approximate surface area is 126 Å². The van der Waals surface area contributed by atoms with E-state index in [1.165, 1.54) is 0 Å². The van der Waals surface area contributed by atoms with Gasteiger partial charge in [0.05, 0.1) is 25.4 Å². The van der Waals surface area contributed by atoms with Gasteiger partial charge in [0.1, 0.15) is 0 Å². The van der Waals surface area contributed by atoms with E-state index in [9.17, 15) is 13.2 Å². The fraction of sp³-hybridized carbons (Fsp3) is 0.923. The monoisotopic (exact) mass is 319 g/mol. The molecule has 2 aliphatic rings. The first-order valence-electron chi connectivity index (χ1n) is 7.42. The molecule has 8 heteroatoms. The first-order valence-corrected chi connectivity index (χ1v) is 9.31. The number of likely N-dealkylation sites (tertiary alicyclic amines) is 1. The molecule has 2 fully saturated rings. The van der Waals surface area contributed by atoms with Crippen molar-refractivity contribution < 1.29 is 17.9 Å². The average Bonchev–Trinajstić information content (AvgIpc) is 2.92. The summed E-state index contributed by atoms with van der Waals surface area (Å²) in [6, 6.07) is -0.0120. The van der Waals surface area contributed by atoms with Crippen molar-refractivity contribution in [2.45, 2.75) is 31.3 Å². The molecule has 2 N–H and O–H groups in total. The molecule has 3 unspecified atom stereocenters. The van der Waals surface area contributed by atoms with E-state index in [0.29, 0.717) is 26.3 Å². The normalized spacial score (nSPS) is 30.6. The van der Waals surface area contributed by atoms with Gasteiger partial charge in [0.15, 0.2) is 0 Å². The molecule has 0 aromatic carbocycles. The Balaban J connectivity index is 2.02. The number of likely N-dealkylation sites (N-methyl/N-ethyl adjacent to an activating group) is 1. The Morgan fingerprint density at radius 2 is 2.10 bits per heavy atom. The summed E-state index contributed by atoms with van der Waals surface area (Å²) in [4.78, 5) is 14.6. The molecule has 122 valence electrons. The van der Waals surface area contributed by atoms with Crippen LogP contribution in [-0.2, 0) is 19.6 Å². The van der Waals surface area contributed by atoms with E-state index in [1.807, 2.05) is 11.9 Å². The number of sulfonamides is 1. The van der Waals surface area contributed by atoms with Crippen LogP contribution in [0, 0.1) is 5.92 Å². The lowest BCUT2D eigenvalue weighted by Crippen LogP contribution is -2.53. The maximum atomic E-state index is 12.7. The first kappa shape index (κ1) is 16.7. The lowest BCUT2D eigenvalue weighted by Gasteiger charge is -2.38. The molecule has 0 aromatic heterocycles. The van der Waals surface area contributed by atoms with Crippen LogP contribution in [0.15, 0.2) is 0 Å². The van der Waals surface area contributed by atoms with E-state index < -0.39 is 10.0 Å². The molecule has 1 amide bonds. The van der Waals surface area contributed by atoms with Gasteiger partial charge in [0, 0.05) is 25.2 Å². The van der Waals surface area contributed by atoms with Crippen molar-refractivity contribution in [1.82, 2.24) is 14.9 Å². The van der Waals surface area contributed by atoms with Gasteiger partial charge in [-0.25, -0.2) is 13.1 Å². The van der Waals surface area contributed by atoms with Crippen LogP contribution in [0.3, 0.4) is 0 Å². The fourth-order valence-electron chi connectivity index (χ4n) is 3.05. The highest BCUT2D eigenvalue weighted by Crippen LogP contribution is 2.23. The highest BCUT2D eigenvalue weighted by Gasteiger charge is 2.38. The van der Waals surface area contributed by atoms with E-state index in [0.717, 1.165) is 25.5 Å². The van der Waals surface area contributed by atoms with Gasteiger partial charge < -0.3 is 15.0 Å². The maximum Gasteiger partial charge on any atom is 0.229 e. The number of rotatable bonds is 5. The summed E-state index contributed by atoms with van der Waals surface area (Å²) in [7, 11) is -1.40. The Bertz CT molecular complexity index is 468. The molecule has 2 rings (SSSR count). The number of nitrogens with one attached hydrogen (secondary N) is 2. The standard InChI is InChI=1S/C13H25N3O4S/c1-14-12-9-20-8-11(12)13(17)16-6-4-3-5-10(16)7-15-21(2,18)19/h10-12,14-15H,3-9H2,1-2H3. The number of amides is 1. The average molecular weight is 319 g/mol. The molecular formula is C13H25N3O4S. The quantitative estimate of drug-likeness (QED) is 0.689. The van der Waals surface area contributed by atoms with Crippen LogP contribution < -0.4 is 10.0 Å². The van der Waals surface area contributed by atoms with Crippen LogP contribution in [0.2, 0.25) is 0 Å². The topological polar surface area (TPSA) is 87.7 Å². The van der Waals surface area contributed by atoms with E-state index in [4.69, 9.17) is 4.74 Å². The molecule has 0 aliphatic carbocycles. The third-order valence-electron chi connectivity index (χ3n) is 4.26. The highest BCUT2D eigenvalue weighted by molar-refractivity contribution is 7.88. The van der Waals surface area contributed by atoms with Crippen molar-refractivity contribution in [2.24, 2.45) is 5.92 Å². The van der Waals surface area contributed by atoms with Gasteiger partial charge in [-0.1, -0.05) is 0 Å². The Hall–Kier alpha value is -0.700. The minimum atomic E-state index is -3.23. The van der Waals surface area contributed by atoms with Gasteiger partial charge in [0.2, 0.25) is 15.9 Å². The molecule has 21 heavy (non-hydrogen) atoms. The second-order valence-corrected chi connectivity index (χ2v) is 7.67. The van der Waals surface area contributed by atoms with Crippen LogP contribution in [0.5, 0.6) is 0 Å². The number of carbonyl (C=O) groups is 1. The van der Waals surface area contributed by atoms with Gasteiger partial charge >= 0.3 is 0 Å². The number of hydrogen-bond donors (Lipinski definition) is 2. The predicted molar refractivity (Wildman–Crippen MR) is 79.4 cm³/mol. The lowest BCUT2D eigenvalue weighted by atomic mass is 9.96. The Kier molecular flexibility index (Phi) is 5.59. The summed E-state index contributed by atoms with van der Waals surface area (Å²) in [5.74, 6) is -0.0966. The molecule has 2 aliphatic heterocycles. The summed E-state index contributed by atoms with van der Waals surface area (Å²) < 4.78 is 30.4. The van der Waals surface area contributed by atoms with Crippen molar-refractivity contribution in [3.8, 4) is 0 Å². The summed E-state index contributed by atoms with van der Waals surface area (Å²) in [6.07, 6.45) is 3.98. The minimum Gasteiger partial charge on any atom is -0.379 e. The summed E-state index contributed by atoms with van der Waals surface area (Å²) in [6.45, 7) is 1.98. The number of hydrogen-bond acceptors (Lipinski definition) is 5. The third-order valence-corrected chi connectivity index (χ3v) is 4.95. The number of carbonyl (C=O) groups excluding carboxylic acids is 1. The van der Waals surface area contributed by atoms with Crippen LogP contribution in [0.4, 0.5) is 0 Å². The van der Waals surface area contributed by atoms with Gasteiger partial charge in [0.25, 0.3) is 0 Å². The fourth-order valence-corrected chi connectivity index (χ4v) is 3.54. The van der Waals surface area contributed by atoms with Gasteiger partial charge in [-0.05, 0) is 26.3 Å². The molecule has 0 aromatic rings. The molecular weight excluding hydrogens is 294 g/mol. The van der Waals surface area contributed by atoms with Crippen molar-refractivity contribution >= 4 is 15.9 Å². The number of piperidine rings is 1. The van der Waals surface area contributed by atoms with Crippen molar-refractivity contribution in [3.05, 3.63) is 0 Å². The lowest BCUT2D eigenvalue weighted by molar-refractivity contribution is -0.139. The number of nitrogens with zero attached hydrogens (tertiary/aromatic N) is 1. The van der Waals surface area contributed by atoms with Crippen molar-refractivity contribution in [1.29, 1.82) is 0 Å². The Morgan fingerprint density at radius 1 is 1.33 bits per heavy atom. The van der Waals surface area contributed by atoms with Gasteiger partial charge in [-0.2, -0.15) is 0 Å². The Morgan fingerprint density at radius 3 is 2.76 bits per heavy atom. The SMILES string of the molecule is CNC1COCC1C(=O)N1CCCCC1CNS(C)(=O)=O. The molecule has 3 atom stereocenters. The smallest absolute Gasteiger partial charge is 0.229 e. The minimum absolute atomic E-state index is 0.0444. The molecule has 0 saturated carbocycles. The second kappa shape index (κ2) is 7.04. The van der Waals surface area contributed by atoms with Crippen molar-refractivity contribution in [3.63, 3.8) is 0 Å². The van der Waals surface area contributed by atoms with E-state index in [1.54, 1.807) is 0 Å². The molecule has 0 spiro atoms. The predicted octanol–water partition coefficient (Wildman–Crippen LogP) is -0.849. The molecule has 2 saturated heterocycles. The van der Waals surface area contributed by atoms with E-state index in [2.05, 4.69) is 10.0 Å². The third kappa shape index (κ3) is 4.38. The molecule has 2 heterocycles. The van der Waals surface area contributed by atoms with Crippen LogP contribution in [0.25, 0.3) is 0 Å². The summed E-state index contributed by atoms with van der Waals surface area (Å²) in [5.41, 5.74) is 0. The number of ether oxygens (including phenoxy) is 1. The van der Waals surface area contributed by atoms with Gasteiger partial charge in [-0.15, -0.1) is 0 Å². The zero-order chi connectivity index (χ0) is 15.5. The van der Waals surface area contributed by atoms with Crippen LogP contribution in [-0.4, -0.2) is 70.9 Å². The zero-order valence-electron chi connectivity index (χ0n) is 12.7. The van der Waals surface area contributed by atoms with Crippen molar-refractivity contribution in [2.75, 3.05) is 39.6 Å². The first-order chi connectivity index (χ1) is 9.92. The van der Waals surface area contributed by atoms with Crippen LogP contribution >= 0.6 is 0 Å². The molecule has 7 nitrogen and oxygen atoms in total. The molecule has 0 radical (unpaired) electrons. The zero-order valence-corrected chi connectivity index (χ0v) is 13.5. The summed E-state index contributed by atoms with van der Waals surface area (Å²) >= 11 is 0. The van der Waals surface area contributed by atoms with Crippen LogP contribution in [0.1, 0.15) is 19.3 Å². The summed E-state index contributed by atoms with van der Waals surface area (Å²) in [5, 5.41) is 3.12. The van der Waals surface area contributed by atoms with E-state index in [-0.39, 0.29) is 23.9 Å². The second-order valence-electron chi connectivity index (χ2n) is 5.84. The molecule has 0 bridgehead atoms. The van der Waals surface area contributed by atoms with Gasteiger partial charge in [-0.3, -0.25) is 4.79 Å².